The van der Waals surface area contributed by atoms with E-state index in [1.165, 1.54) is 44.3 Å². The van der Waals surface area contributed by atoms with Gasteiger partial charge in [-0.15, -0.1) is 0 Å². The van der Waals surface area contributed by atoms with Gasteiger partial charge in [0.1, 0.15) is 0 Å². The zero-order chi connectivity index (χ0) is 16.1. The van der Waals surface area contributed by atoms with Crippen LogP contribution in [-0.4, -0.2) is 47.4 Å². The van der Waals surface area contributed by atoms with Gasteiger partial charge in [-0.2, -0.15) is 0 Å². The summed E-state index contributed by atoms with van der Waals surface area (Å²) in [5.74, 6) is 2.04. The molecule has 3 atom stereocenters. The number of hydrogen-bond acceptors (Lipinski definition) is 2. The predicted octanol–water partition coefficient (Wildman–Crippen LogP) is 3.27. The summed E-state index contributed by atoms with van der Waals surface area (Å²) >= 11 is 0. The van der Waals surface area contributed by atoms with Crippen molar-refractivity contribution in [3.63, 3.8) is 0 Å². The van der Waals surface area contributed by atoms with E-state index in [-0.39, 0.29) is 0 Å². The first-order valence-corrected chi connectivity index (χ1v) is 9.92. The van der Waals surface area contributed by atoms with Gasteiger partial charge in [-0.1, -0.05) is 43.2 Å². The Morgan fingerprint density at radius 2 is 1.62 bits per heavy atom. The number of benzene rings is 1. The molecular formula is C21H28N2O. The van der Waals surface area contributed by atoms with E-state index in [2.05, 4.69) is 40.1 Å². The van der Waals surface area contributed by atoms with E-state index in [1.807, 2.05) is 0 Å². The Morgan fingerprint density at radius 3 is 2.33 bits per heavy atom. The van der Waals surface area contributed by atoms with E-state index >= 15 is 0 Å². The summed E-state index contributed by atoms with van der Waals surface area (Å²) in [5.41, 5.74) is 1.43. The van der Waals surface area contributed by atoms with Crippen LogP contribution in [0.15, 0.2) is 30.3 Å². The number of carbonyl (C=O) groups is 1. The zero-order valence-electron chi connectivity index (χ0n) is 14.4. The minimum absolute atomic E-state index is 0.315. The van der Waals surface area contributed by atoms with Gasteiger partial charge in [0.05, 0.1) is 6.04 Å². The largest absolute Gasteiger partial charge is 0.337 e. The maximum atomic E-state index is 13.3. The molecule has 0 N–H and O–H groups in total. The molecule has 0 radical (unpaired) electrons. The van der Waals surface area contributed by atoms with Crippen LogP contribution in [-0.2, 0) is 4.79 Å². The average Bonchev–Trinajstić information content (AvgIpc) is 3.32. The molecule has 1 aliphatic carbocycles. The number of likely N-dealkylation sites (tertiary alicyclic amines) is 1. The van der Waals surface area contributed by atoms with Gasteiger partial charge >= 0.3 is 0 Å². The molecule has 1 aromatic carbocycles. The zero-order valence-corrected chi connectivity index (χ0v) is 14.4. The van der Waals surface area contributed by atoms with Gasteiger partial charge in [-0.25, -0.2) is 0 Å². The van der Waals surface area contributed by atoms with Gasteiger partial charge in [-0.05, 0) is 50.3 Å². The maximum Gasteiger partial charge on any atom is 0.226 e. The first kappa shape index (κ1) is 14.9. The van der Waals surface area contributed by atoms with Gasteiger partial charge in [0.2, 0.25) is 5.91 Å². The molecular weight excluding hydrogens is 296 g/mol. The van der Waals surface area contributed by atoms with Gasteiger partial charge < -0.3 is 4.90 Å². The summed E-state index contributed by atoms with van der Waals surface area (Å²) in [6, 6.07) is 12.0. The second-order valence-corrected chi connectivity index (χ2v) is 8.34. The van der Waals surface area contributed by atoms with Crippen molar-refractivity contribution in [1.29, 1.82) is 0 Å². The van der Waals surface area contributed by atoms with E-state index in [0.29, 0.717) is 29.8 Å². The fourth-order valence-electron chi connectivity index (χ4n) is 6.07. The van der Waals surface area contributed by atoms with Crippen molar-refractivity contribution in [2.75, 3.05) is 19.6 Å². The van der Waals surface area contributed by atoms with Crippen molar-refractivity contribution in [3.8, 4) is 0 Å². The monoisotopic (exact) mass is 324 g/mol. The van der Waals surface area contributed by atoms with Crippen LogP contribution in [0, 0.1) is 11.8 Å². The Kier molecular flexibility index (Phi) is 3.66. The lowest BCUT2D eigenvalue weighted by atomic mass is 9.75. The van der Waals surface area contributed by atoms with Crippen molar-refractivity contribution in [2.45, 2.75) is 56.5 Å². The molecule has 1 saturated carbocycles. The maximum absolute atomic E-state index is 13.3. The highest BCUT2D eigenvalue weighted by Gasteiger charge is 2.55. The molecule has 4 aliphatic heterocycles. The van der Waals surface area contributed by atoms with E-state index in [1.54, 1.807) is 0 Å². The standard InChI is InChI=1S/C21H28N2O/c24-21(17-8-4-5-9-17)23-14-18(15-6-2-1-3-7-15)20-19(23)16-10-12-22(20)13-11-16/h1-3,6-7,16-20H,4-5,8-14H2/t18-,19-,20-/m1/s1. The van der Waals surface area contributed by atoms with Crippen LogP contribution in [0.5, 0.6) is 0 Å². The van der Waals surface area contributed by atoms with E-state index in [0.717, 1.165) is 25.3 Å². The molecule has 1 amide bonds. The quantitative estimate of drug-likeness (QED) is 0.833. The van der Waals surface area contributed by atoms with Crippen molar-refractivity contribution in [1.82, 2.24) is 9.80 Å². The molecule has 128 valence electrons. The number of fused-ring (bicyclic) bond motifs is 2. The second kappa shape index (κ2) is 5.87. The van der Waals surface area contributed by atoms with Crippen molar-refractivity contribution in [3.05, 3.63) is 35.9 Å². The van der Waals surface area contributed by atoms with E-state index in [9.17, 15) is 4.79 Å². The van der Waals surface area contributed by atoms with Gasteiger partial charge in [0.15, 0.2) is 0 Å². The molecule has 5 aliphatic rings. The minimum Gasteiger partial charge on any atom is -0.337 e. The van der Waals surface area contributed by atoms with E-state index < -0.39 is 0 Å². The molecule has 0 unspecified atom stereocenters. The van der Waals surface area contributed by atoms with Crippen LogP contribution in [0.1, 0.15) is 50.0 Å². The number of carbonyl (C=O) groups excluding carboxylic acids is 1. The fraction of sp³-hybridized carbons (Fsp3) is 0.667. The molecule has 24 heavy (non-hydrogen) atoms. The SMILES string of the molecule is O=C(C1CCCC1)N1C[C@H](c2ccccc2)[C@@H]2[C@H]1C1CCN2CC1. The lowest BCUT2D eigenvalue weighted by Gasteiger charge is -2.51. The number of rotatable bonds is 2. The van der Waals surface area contributed by atoms with Crippen molar-refractivity contribution >= 4 is 5.91 Å². The van der Waals surface area contributed by atoms with Crippen LogP contribution < -0.4 is 0 Å². The number of nitrogens with zero attached hydrogens (tertiary/aromatic N) is 2. The summed E-state index contributed by atoms with van der Waals surface area (Å²) in [6.07, 6.45) is 7.31. The van der Waals surface area contributed by atoms with Crippen LogP contribution >= 0.6 is 0 Å². The third kappa shape index (κ3) is 2.24. The first-order valence-electron chi connectivity index (χ1n) is 9.92. The summed E-state index contributed by atoms with van der Waals surface area (Å²) in [4.78, 5) is 18.3. The molecule has 3 heteroatoms. The Hall–Kier alpha value is -1.35. The molecule has 1 aromatic rings. The summed E-state index contributed by atoms with van der Waals surface area (Å²) in [6.45, 7) is 3.42. The minimum atomic E-state index is 0.315. The Balaban J connectivity index is 1.49. The lowest BCUT2D eigenvalue weighted by Crippen LogP contribution is -2.61. The normalized spacial score (nSPS) is 38.5. The lowest BCUT2D eigenvalue weighted by molar-refractivity contribution is -0.140. The van der Waals surface area contributed by atoms with Crippen LogP contribution in [0.4, 0.5) is 0 Å². The molecule has 5 fully saturated rings. The van der Waals surface area contributed by atoms with E-state index in [4.69, 9.17) is 0 Å². The molecule has 0 aromatic heterocycles. The molecule has 4 saturated heterocycles. The highest BCUT2D eigenvalue weighted by Crippen LogP contribution is 2.47. The number of amides is 1. The van der Waals surface area contributed by atoms with Crippen molar-refractivity contribution in [2.24, 2.45) is 11.8 Å². The first-order chi connectivity index (χ1) is 11.8. The summed E-state index contributed by atoms with van der Waals surface area (Å²) in [7, 11) is 0. The molecule has 2 bridgehead atoms. The molecule has 3 nitrogen and oxygen atoms in total. The highest BCUT2D eigenvalue weighted by molar-refractivity contribution is 5.80. The van der Waals surface area contributed by atoms with Gasteiger partial charge in [-0.3, -0.25) is 9.69 Å². The highest BCUT2D eigenvalue weighted by atomic mass is 16.2. The third-order valence-electron chi connectivity index (χ3n) is 7.21. The van der Waals surface area contributed by atoms with Crippen molar-refractivity contribution < 1.29 is 4.79 Å². The predicted molar refractivity (Wildman–Crippen MR) is 94.7 cm³/mol. The second-order valence-electron chi connectivity index (χ2n) is 8.34. The van der Waals surface area contributed by atoms with Gasteiger partial charge in [0, 0.05) is 24.4 Å². The fourth-order valence-corrected chi connectivity index (χ4v) is 6.07. The molecule has 4 heterocycles. The molecule has 6 rings (SSSR count). The topological polar surface area (TPSA) is 23.6 Å². The number of hydrogen-bond donors (Lipinski definition) is 0. The van der Waals surface area contributed by atoms with Gasteiger partial charge in [0.25, 0.3) is 0 Å². The Bertz CT molecular complexity index is 602. The summed E-state index contributed by atoms with van der Waals surface area (Å²) < 4.78 is 0. The third-order valence-corrected chi connectivity index (χ3v) is 7.21. The Labute approximate surface area is 145 Å². The smallest absolute Gasteiger partial charge is 0.226 e. The van der Waals surface area contributed by atoms with Crippen LogP contribution in [0.2, 0.25) is 0 Å². The van der Waals surface area contributed by atoms with Crippen LogP contribution in [0.3, 0.4) is 0 Å². The number of piperidine rings is 3. The molecule has 0 spiro atoms. The average molecular weight is 324 g/mol. The Morgan fingerprint density at radius 1 is 0.917 bits per heavy atom. The summed E-state index contributed by atoms with van der Waals surface area (Å²) in [5, 5.41) is 0. The van der Waals surface area contributed by atoms with Crippen LogP contribution in [0.25, 0.3) is 0 Å².